The molecule has 0 heterocycles. The van der Waals surface area contributed by atoms with Gasteiger partial charge in [-0.05, 0) is 43.3 Å². The molecule has 0 aliphatic rings. The quantitative estimate of drug-likeness (QED) is 0.664. The number of hydrogen-bond donors (Lipinski definition) is 3. The van der Waals surface area contributed by atoms with Crippen LogP contribution in [0.15, 0.2) is 42.5 Å². The van der Waals surface area contributed by atoms with Crippen molar-refractivity contribution in [2.45, 2.75) is 6.92 Å². The second-order valence-electron chi connectivity index (χ2n) is 6.23. The van der Waals surface area contributed by atoms with E-state index in [4.69, 9.17) is 11.6 Å². The average molecular weight is 403 g/mol. The molecule has 0 unspecified atom stereocenters. The lowest BCUT2D eigenvalue weighted by molar-refractivity contribution is -0.114. The van der Waals surface area contributed by atoms with Gasteiger partial charge in [0, 0.05) is 42.6 Å². The van der Waals surface area contributed by atoms with Gasteiger partial charge in [-0.3, -0.25) is 14.4 Å². The maximum atomic E-state index is 12.3. The van der Waals surface area contributed by atoms with Crippen molar-refractivity contribution in [3.63, 3.8) is 0 Å². The number of benzene rings is 2. The summed E-state index contributed by atoms with van der Waals surface area (Å²) in [5.74, 6) is -0.729. The van der Waals surface area contributed by atoms with Crippen LogP contribution in [0.2, 0.25) is 5.02 Å². The molecule has 0 atom stereocenters. The zero-order valence-electron chi connectivity index (χ0n) is 16.0. The summed E-state index contributed by atoms with van der Waals surface area (Å²) >= 11 is 6.02. The lowest BCUT2D eigenvalue weighted by atomic mass is 10.1. The fourth-order valence-corrected chi connectivity index (χ4v) is 2.64. The maximum absolute atomic E-state index is 12.3. The van der Waals surface area contributed by atoms with Crippen LogP contribution in [0.25, 0.3) is 0 Å². The zero-order chi connectivity index (χ0) is 20.7. The van der Waals surface area contributed by atoms with E-state index < -0.39 is 0 Å². The van der Waals surface area contributed by atoms with Gasteiger partial charge in [-0.1, -0.05) is 17.7 Å². The summed E-state index contributed by atoms with van der Waals surface area (Å²) in [5, 5.41) is 8.83. The van der Waals surface area contributed by atoms with E-state index in [9.17, 15) is 14.4 Å². The summed E-state index contributed by atoms with van der Waals surface area (Å²) in [7, 11) is 3.30. The monoisotopic (exact) mass is 402 g/mol. The second-order valence-corrected chi connectivity index (χ2v) is 6.67. The highest BCUT2D eigenvalue weighted by Gasteiger charge is 2.15. The van der Waals surface area contributed by atoms with Crippen LogP contribution in [-0.2, 0) is 4.79 Å². The third-order valence-corrected chi connectivity index (χ3v) is 4.04. The number of hydrogen-bond acceptors (Lipinski definition) is 4. The van der Waals surface area contributed by atoms with Crippen LogP contribution >= 0.6 is 11.6 Å². The Morgan fingerprint density at radius 3 is 2.50 bits per heavy atom. The molecule has 0 aromatic heterocycles. The van der Waals surface area contributed by atoms with E-state index in [-0.39, 0.29) is 24.3 Å². The first kappa shape index (κ1) is 21.2. The Balaban J connectivity index is 2.05. The highest BCUT2D eigenvalue weighted by atomic mass is 35.5. The van der Waals surface area contributed by atoms with Gasteiger partial charge in [0.05, 0.1) is 12.1 Å². The van der Waals surface area contributed by atoms with Gasteiger partial charge < -0.3 is 20.9 Å². The fraction of sp³-hybridized carbons (Fsp3) is 0.250. The van der Waals surface area contributed by atoms with Crippen molar-refractivity contribution < 1.29 is 14.4 Å². The van der Waals surface area contributed by atoms with E-state index in [2.05, 4.69) is 16.0 Å². The Hall–Kier alpha value is -3.06. The third kappa shape index (κ3) is 5.72. The van der Waals surface area contributed by atoms with Gasteiger partial charge in [0.15, 0.2) is 0 Å². The van der Waals surface area contributed by atoms with Crippen molar-refractivity contribution in [1.82, 2.24) is 10.2 Å². The molecule has 0 aliphatic carbocycles. The minimum Gasteiger partial charge on any atom is -0.375 e. The second kappa shape index (κ2) is 9.75. The van der Waals surface area contributed by atoms with Crippen LogP contribution < -0.4 is 16.0 Å². The van der Waals surface area contributed by atoms with Crippen molar-refractivity contribution in [3.8, 4) is 0 Å². The highest BCUT2D eigenvalue weighted by molar-refractivity contribution is 6.31. The molecule has 3 amide bonds. The van der Waals surface area contributed by atoms with E-state index in [1.807, 2.05) is 6.92 Å². The van der Waals surface area contributed by atoms with Gasteiger partial charge in [-0.15, -0.1) is 0 Å². The summed E-state index contributed by atoms with van der Waals surface area (Å²) in [6, 6.07) is 11.5. The highest BCUT2D eigenvalue weighted by Crippen LogP contribution is 2.22. The number of nitrogens with one attached hydrogen (secondary N) is 3. The molecule has 7 nitrogen and oxygen atoms in total. The molecule has 0 fully saturated rings. The first-order chi connectivity index (χ1) is 13.3. The van der Waals surface area contributed by atoms with Crippen LogP contribution in [0.3, 0.4) is 0 Å². The third-order valence-electron chi connectivity index (χ3n) is 3.80. The number of amides is 3. The molecule has 0 saturated carbocycles. The van der Waals surface area contributed by atoms with Gasteiger partial charge in [0.25, 0.3) is 11.8 Å². The van der Waals surface area contributed by atoms with Gasteiger partial charge in [0.2, 0.25) is 5.91 Å². The molecule has 0 bridgehead atoms. The number of rotatable bonds is 7. The summed E-state index contributed by atoms with van der Waals surface area (Å²) < 4.78 is 0. The van der Waals surface area contributed by atoms with Crippen molar-refractivity contribution in [2.24, 2.45) is 0 Å². The van der Waals surface area contributed by atoms with Crippen LogP contribution in [0.4, 0.5) is 11.4 Å². The standard InChI is InChI=1S/C20H23ClN4O3/c1-4-22-19(27)13-6-5-7-15(10-13)24-18(26)12-23-17-11-14(21)8-9-16(17)20(28)25(2)3/h5-11,23H,4,12H2,1-3H3,(H,22,27)(H,24,26). The average Bonchev–Trinajstić information content (AvgIpc) is 2.66. The molecule has 3 N–H and O–H groups in total. The van der Waals surface area contributed by atoms with E-state index in [0.29, 0.717) is 34.1 Å². The number of nitrogens with zero attached hydrogens (tertiary/aromatic N) is 1. The predicted octanol–water partition coefficient (Wildman–Crippen LogP) is 2.84. The Bertz CT molecular complexity index is 884. The van der Waals surface area contributed by atoms with Crippen molar-refractivity contribution in [3.05, 3.63) is 58.6 Å². The van der Waals surface area contributed by atoms with Gasteiger partial charge in [-0.25, -0.2) is 0 Å². The van der Waals surface area contributed by atoms with Crippen molar-refractivity contribution in [1.29, 1.82) is 0 Å². The van der Waals surface area contributed by atoms with Gasteiger partial charge >= 0.3 is 0 Å². The molecule has 0 spiro atoms. The molecule has 0 aliphatic heterocycles. The molecule has 0 radical (unpaired) electrons. The first-order valence-corrected chi connectivity index (χ1v) is 9.12. The lowest BCUT2D eigenvalue weighted by Gasteiger charge is -2.16. The van der Waals surface area contributed by atoms with Crippen molar-refractivity contribution in [2.75, 3.05) is 37.8 Å². The SMILES string of the molecule is CCNC(=O)c1cccc(NC(=O)CNc2cc(Cl)ccc2C(=O)N(C)C)c1. The molecule has 2 aromatic carbocycles. The number of halogens is 1. The summed E-state index contributed by atoms with van der Waals surface area (Å²) in [6.45, 7) is 2.28. The van der Waals surface area contributed by atoms with Crippen molar-refractivity contribution >= 4 is 40.7 Å². The van der Waals surface area contributed by atoms with Crippen LogP contribution in [-0.4, -0.2) is 49.8 Å². The first-order valence-electron chi connectivity index (χ1n) is 8.75. The molecule has 148 valence electrons. The molecule has 28 heavy (non-hydrogen) atoms. The largest absolute Gasteiger partial charge is 0.375 e. The lowest BCUT2D eigenvalue weighted by Crippen LogP contribution is -2.26. The normalized spacial score (nSPS) is 10.1. The molecule has 8 heteroatoms. The topological polar surface area (TPSA) is 90.5 Å². The predicted molar refractivity (Wildman–Crippen MR) is 111 cm³/mol. The van der Waals surface area contributed by atoms with E-state index in [0.717, 1.165) is 0 Å². The number of carbonyl (C=O) groups is 3. The van der Waals surface area contributed by atoms with Crippen LogP contribution in [0.1, 0.15) is 27.6 Å². The molecule has 2 aromatic rings. The molecule has 0 saturated heterocycles. The summed E-state index contributed by atoms with van der Waals surface area (Å²) in [4.78, 5) is 37.9. The fourth-order valence-electron chi connectivity index (χ4n) is 2.47. The van der Waals surface area contributed by atoms with Crippen LogP contribution in [0, 0.1) is 0 Å². The van der Waals surface area contributed by atoms with E-state index >= 15 is 0 Å². The number of anilines is 2. The molecular formula is C20H23ClN4O3. The van der Waals surface area contributed by atoms with Crippen LogP contribution in [0.5, 0.6) is 0 Å². The Morgan fingerprint density at radius 1 is 1.07 bits per heavy atom. The van der Waals surface area contributed by atoms with E-state index in [1.165, 1.54) is 4.90 Å². The van der Waals surface area contributed by atoms with E-state index in [1.54, 1.807) is 56.6 Å². The smallest absolute Gasteiger partial charge is 0.255 e. The van der Waals surface area contributed by atoms with Gasteiger partial charge in [0.1, 0.15) is 0 Å². The number of carbonyl (C=O) groups excluding carboxylic acids is 3. The zero-order valence-corrected chi connectivity index (χ0v) is 16.8. The summed E-state index contributed by atoms with van der Waals surface area (Å²) in [5.41, 5.74) is 1.85. The minimum absolute atomic E-state index is 0.0700. The Labute approximate surface area is 169 Å². The maximum Gasteiger partial charge on any atom is 0.255 e. The Kier molecular flexibility index (Phi) is 7.40. The summed E-state index contributed by atoms with van der Waals surface area (Å²) in [6.07, 6.45) is 0. The molecule has 2 rings (SSSR count). The Morgan fingerprint density at radius 2 is 1.82 bits per heavy atom. The van der Waals surface area contributed by atoms with Gasteiger partial charge in [-0.2, -0.15) is 0 Å². The molecular weight excluding hydrogens is 380 g/mol. The minimum atomic E-state index is -0.323.